The third-order valence-electron chi connectivity index (χ3n) is 5.05. The number of methoxy groups -OCH3 is 1. The minimum absolute atomic E-state index is 0.216. The number of fused-ring (bicyclic) bond motifs is 1. The monoisotopic (exact) mass is 413 g/mol. The Bertz CT molecular complexity index is 998. The Morgan fingerprint density at radius 2 is 2.07 bits per heavy atom. The minimum atomic E-state index is -0.216. The molecular formula is C21H23N3O4S. The Morgan fingerprint density at radius 3 is 2.79 bits per heavy atom. The van der Waals surface area contributed by atoms with E-state index in [2.05, 4.69) is 15.5 Å². The maximum Gasteiger partial charge on any atom is 0.257 e. The van der Waals surface area contributed by atoms with Crippen LogP contribution in [0.1, 0.15) is 50.8 Å². The predicted octanol–water partition coefficient (Wildman–Crippen LogP) is 4.47. The molecule has 2 aromatic heterocycles. The largest absolute Gasteiger partial charge is 0.493 e. The third-order valence-corrected chi connectivity index (χ3v) is 6.12. The number of carbonyl (C=O) groups is 1. The van der Waals surface area contributed by atoms with Gasteiger partial charge in [-0.05, 0) is 57.7 Å². The lowest BCUT2D eigenvalue weighted by molar-refractivity contribution is 0.102. The molecule has 1 aromatic carbocycles. The molecule has 1 amide bonds. The number of aryl methyl sites for hydroxylation is 4. The van der Waals surface area contributed by atoms with Crippen LogP contribution in [0.4, 0.5) is 5.13 Å². The van der Waals surface area contributed by atoms with Crippen molar-refractivity contribution in [2.75, 3.05) is 12.4 Å². The summed E-state index contributed by atoms with van der Waals surface area (Å²) in [6, 6.07) is 5.12. The van der Waals surface area contributed by atoms with E-state index >= 15 is 0 Å². The summed E-state index contributed by atoms with van der Waals surface area (Å²) in [5.41, 5.74) is 3.31. The van der Waals surface area contributed by atoms with E-state index in [9.17, 15) is 4.79 Å². The van der Waals surface area contributed by atoms with Crippen LogP contribution in [-0.2, 0) is 19.4 Å². The summed E-state index contributed by atoms with van der Waals surface area (Å²) in [6.45, 7) is 4.03. The number of hydrogen-bond acceptors (Lipinski definition) is 7. The van der Waals surface area contributed by atoms with Crippen molar-refractivity contribution >= 4 is 22.4 Å². The molecule has 0 atom stereocenters. The molecule has 0 saturated heterocycles. The van der Waals surface area contributed by atoms with Gasteiger partial charge in [-0.1, -0.05) is 5.16 Å². The first-order chi connectivity index (χ1) is 14.0. The van der Waals surface area contributed by atoms with Crippen molar-refractivity contribution in [3.8, 4) is 11.5 Å². The van der Waals surface area contributed by atoms with Crippen LogP contribution in [0.25, 0.3) is 0 Å². The summed E-state index contributed by atoms with van der Waals surface area (Å²) >= 11 is 1.57. The highest BCUT2D eigenvalue weighted by molar-refractivity contribution is 7.15. The molecule has 1 aliphatic rings. The molecule has 0 bridgehead atoms. The maximum absolute atomic E-state index is 12.7. The molecule has 1 aliphatic carbocycles. The number of thiazole rings is 1. The van der Waals surface area contributed by atoms with Crippen LogP contribution in [0, 0.1) is 13.8 Å². The smallest absolute Gasteiger partial charge is 0.257 e. The Morgan fingerprint density at radius 1 is 1.24 bits per heavy atom. The van der Waals surface area contributed by atoms with Gasteiger partial charge >= 0.3 is 0 Å². The van der Waals surface area contributed by atoms with Gasteiger partial charge in [0.05, 0.1) is 24.1 Å². The Balaban J connectivity index is 1.47. The lowest BCUT2D eigenvalue weighted by Gasteiger charge is -2.12. The molecule has 0 radical (unpaired) electrons. The molecule has 8 heteroatoms. The third kappa shape index (κ3) is 4.12. The van der Waals surface area contributed by atoms with Gasteiger partial charge in [0.15, 0.2) is 16.6 Å². The SMILES string of the molecule is COc1cc(C(=O)Nc2nc3c(s2)CCCC3)ccc1OCc1c(C)noc1C. The van der Waals surface area contributed by atoms with Crippen molar-refractivity contribution in [2.45, 2.75) is 46.1 Å². The molecule has 152 valence electrons. The van der Waals surface area contributed by atoms with Gasteiger partial charge in [-0.25, -0.2) is 4.98 Å². The van der Waals surface area contributed by atoms with Crippen molar-refractivity contribution in [1.82, 2.24) is 10.1 Å². The molecule has 0 aliphatic heterocycles. The molecule has 0 saturated carbocycles. The van der Waals surface area contributed by atoms with Crippen molar-refractivity contribution in [3.63, 3.8) is 0 Å². The summed E-state index contributed by atoms with van der Waals surface area (Å²) in [5.74, 6) is 1.55. The number of aromatic nitrogens is 2. The van der Waals surface area contributed by atoms with E-state index in [1.807, 2.05) is 13.8 Å². The highest BCUT2D eigenvalue weighted by Gasteiger charge is 2.18. The van der Waals surface area contributed by atoms with Gasteiger partial charge in [0, 0.05) is 10.4 Å². The molecule has 0 fully saturated rings. The first-order valence-electron chi connectivity index (χ1n) is 9.57. The minimum Gasteiger partial charge on any atom is -0.493 e. The summed E-state index contributed by atoms with van der Waals surface area (Å²) in [6.07, 6.45) is 4.40. The standard InChI is InChI=1S/C21H23N3O4S/c1-12-15(13(2)28-24-12)11-27-17-9-8-14(10-18(17)26-3)20(25)23-21-22-16-6-4-5-7-19(16)29-21/h8-10H,4-7,11H2,1-3H3,(H,22,23,25). The fraction of sp³-hybridized carbons (Fsp3) is 0.381. The zero-order valence-corrected chi connectivity index (χ0v) is 17.5. The predicted molar refractivity (Wildman–Crippen MR) is 110 cm³/mol. The van der Waals surface area contributed by atoms with Crippen molar-refractivity contribution in [2.24, 2.45) is 0 Å². The second-order valence-electron chi connectivity index (χ2n) is 7.01. The van der Waals surface area contributed by atoms with Crippen molar-refractivity contribution < 1.29 is 18.8 Å². The lowest BCUT2D eigenvalue weighted by atomic mass is 10.0. The Hall–Kier alpha value is -2.87. The van der Waals surface area contributed by atoms with E-state index in [1.165, 1.54) is 11.3 Å². The zero-order valence-electron chi connectivity index (χ0n) is 16.7. The number of carbonyl (C=O) groups excluding carboxylic acids is 1. The lowest BCUT2D eigenvalue weighted by Crippen LogP contribution is -2.12. The number of ether oxygens (including phenoxy) is 2. The van der Waals surface area contributed by atoms with Gasteiger partial charge in [-0.2, -0.15) is 0 Å². The van der Waals surface area contributed by atoms with Gasteiger partial charge in [0.25, 0.3) is 5.91 Å². The first kappa shape index (κ1) is 19.4. The molecule has 2 heterocycles. The number of benzene rings is 1. The maximum atomic E-state index is 12.7. The fourth-order valence-electron chi connectivity index (χ4n) is 3.36. The molecule has 0 unspecified atom stereocenters. The van der Waals surface area contributed by atoms with Crippen LogP contribution in [-0.4, -0.2) is 23.2 Å². The van der Waals surface area contributed by atoms with Gasteiger partial charge in [-0.3, -0.25) is 10.1 Å². The Kier molecular flexibility index (Phi) is 5.53. The average molecular weight is 413 g/mol. The van der Waals surface area contributed by atoms with Crippen LogP contribution in [0.15, 0.2) is 22.7 Å². The quantitative estimate of drug-likeness (QED) is 0.642. The molecule has 3 aromatic rings. The zero-order chi connectivity index (χ0) is 20.4. The number of nitrogens with zero attached hydrogens (tertiary/aromatic N) is 2. The van der Waals surface area contributed by atoms with Crippen LogP contribution in [0.5, 0.6) is 11.5 Å². The fourth-order valence-corrected chi connectivity index (χ4v) is 4.41. The van der Waals surface area contributed by atoms with Crippen molar-refractivity contribution in [3.05, 3.63) is 51.4 Å². The van der Waals surface area contributed by atoms with E-state index in [-0.39, 0.29) is 5.91 Å². The molecular weight excluding hydrogens is 390 g/mol. The van der Waals surface area contributed by atoms with Crippen LogP contribution < -0.4 is 14.8 Å². The van der Waals surface area contributed by atoms with Crippen molar-refractivity contribution in [1.29, 1.82) is 0 Å². The van der Waals surface area contributed by atoms with Crippen LogP contribution in [0.3, 0.4) is 0 Å². The summed E-state index contributed by atoms with van der Waals surface area (Å²) < 4.78 is 16.5. The number of rotatable bonds is 6. The molecule has 0 spiro atoms. The van der Waals surface area contributed by atoms with E-state index < -0.39 is 0 Å². The molecule has 1 N–H and O–H groups in total. The molecule has 4 rings (SSSR count). The van der Waals surface area contributed by atoms with Gasteiger partial charge in [0.1, 0.15) is 12.4 Å². The first-order valence-corrected chi connectivity index (χ1v) is 10.4. The average Bonchev–Trinajstić information content (AvgIpc) is 3.28. The summed E-state index contributed by atoms with van der Waals surface area (Å²) in [5, 5.41) is 7.49. The van der Waals surface area contributed by atoms with E-state index in [4.69, 9.17) is 14.0 Å². The van der Waals surface area contributed by atoms with E-state index in [0.717, 1.165) is 42.0 Å². The van der Waals surface area contributed by atoms with E-state index in [0.29, 0.717) is 28.8 Å². The summed E-state index contributed by atoms with van der Waals surface area (Å²) in [7, 11) is 1.55. The van der Waals surface area contributed by atoms with Crippen LogP contribution >= 0.6 is 11.3 Å². The highest BCUT2D eigenvalue weighted by atomic mass is 32.1. The van der Waals surface area contributed by atoms with Gasteiger partial charge in [0.2, 0.25) is 0 Å². The molecule has 7 nitrogen and oxygen atoms in total. The number of hydrogen-bond donors (Lipinski definition) is 1. The van der Waals surface area contributed by atoms with E-state index in [1.54, 1.807) is 36.6 Å². The van der Waals surface area contributed by atoms with Gasteiger partial charge < -0.3 is 14.0 Å². The second-order valence-corrected chi connectivity index (χ2v) is 8.09. The Labute approximate surface area is 173 Å². The number of anilines is 1. The number of nitrogens with one attached hydrogen (secondary N) is 1. The van der Waals surface area contributed by atoms with Gasteiger partial charge in [-0.15, -0.1) is 11.3 Å². The topological polar surface area (TPSA) is 86.5 Å². The number of amides is 1. The summed E-state index contributed by atoms with van der Waals surface area (Å²) in [4.78, 5) is 18.5. The highest BCUT2D eigenvalue weighted by Crippen LogP contribution is 2.32. The van der Waals surface area contributed by atoms with Crippen LogP contribution in [0.2, 0.25) is 0 Å². The second kappa shape index (κ2) is 8.24. The normalized spacial score (nSPS) is 13.1. The molecule has 29 heavy (non-hydrogen) atoms.